The predicted molar refractivity (Wildman–Crippen MR) is 134 cm³/mol. The molecule has 0 saturated carbocycles. The number of nitrogens with one attached hydrogen (secondary N) is 1. The summed E-state index contributed by atoms with van der Waals surface area (Å²) < 4.78 is 11.5. The maximum absolute atomic E-state index is 13.3. The van der Waals surface area contributed by atoms with Gasteiger partial charge in [0.05, 0.1) is 7.11 Å². The molecule has 4 rings (SSSR count). The third kappa shape index (κ3) is 5.48. The lowest BCUT2D eigenvalue weighted by Gasteiger charge is -2.22. The van der Waals surface area contributed by atoms with E-state index >= 15 is 0 Å². The van der Waals surface area contributed by atoms with Gasteiger partial charge in [-0.15, -0.1) is 11.3 Å². The van der Waals surface area contributed by atoms with Crippen LogP contribution in [0, 0.1) is 0 Å². The molecule has 3 heterocycles. The van der Waals surface area contributed by atoms with Gasteiger partial charge in [-0.1, -0.05) is 18.2 Å². The molecule has 1 aliphatic heterocycles. The van der Waals surface area contributed by atoms with Crippen molar-refractivity contribution < 1.29 is 14.3 Å². The first-order valence-corrected chi connectivity index (χ1v) is 12.4. The Hall–Kier alpha value is -3.17. The van der Waals surface area contributed by atoms with Gasteiger partial charge in [0.15, 0.2) is 0 Å². The zero-order valence-corrected chi connectivity index (χ0v) is 20.7. The van der Waals surface area contributed by atoms with Crippen LogP contribution in [0.5, 0.6) is 11.8 Å². The van der Waals surface area contributed by atoms with Gasteiger partial charge in [-0.3, -0.25) is 4.79 Å². The van der Waals surface area contributed by atoms with Crippen molar-refractivity contribution in [2.24, 2.45) is 0 Å². The summed E-state index contributed by atoms with van der Waals surface area (Å²) >= 11 is 1.71. The van der Waals surface area contributed by atoms with Crippen LogP contribution < -0.4 is 19.7 Å². The molecular weight excluding hydrogens is 450 g/mol. The first-order valence-electron chi connectivity index (χ1n) is 11.5. The standard InChI is InChI=1S/C25H31N5O3S/c1-4-29-13-14-30(24(31)20-16-27-25(32-3)28-23(20)29)17-18-7-9-19(10-8-18)33-21(11-12-26-2)22-6-5-15-34-22/h5-10,15-16,21,26H,4,11-14,17H2,1-3H3/t21-/m0/s1. The molecule has 34 heavy (non-hydrogen) atoms. The minimum Gasteiger partial charge on any atom is -0.485 e. The molecule has 0 bridgehead atoms. The zero-order valence-electron chi connectivity index (χ0n) is 19.9. The van der Waals surface area contributed by atoms with E-state index in [1.807, 2.05) is 36.2 Å². The van der Waals surface area contributed by atoms with E-state index in [0.29, 0.717) is 31.0 Å². The molecule has 0 unspecified atom stereocenters. The number of amides is 1. The normalized spacial score (nSPS) is 14.5. The Morgan fingerprint density at radius 3 is 2.65 bits per heavy atom. The van der Waals surface area contributed by atoms with Gasteiger partial charge in [0.1, 0.15) is 23.2 Å². The van der Waals surface area contributed by atoms with E-state index in [4.69, 9.17) is 9.47 Å². The summed E-state index contributed by atoms with van der Waals surface area (Å²) in [4.78, 5) is 27.1. The van der Waals surface area contributed by atoms with Crippen molar-refractivity contribution in [3.05, 3.63) is 64.0 Å². The summed E-state index contributed by atoms with van der Waals surface area (Å²) in [6.45, 7) is 5.50. The Morgan fingerprint density at radius 2 is 1.97 bits per heavy atom. The van der Waals surface area contributed by atoms with Gasteiger partial charge in [0, 0.05) is 43.7 Å². The summed E-state index contributed by atoms with van der Waals surface area (Å²) in [6.07, 6.45) is 2.47. The largest absolute Gasteiger partial charge is 0.485 e. The van der Waals surface area contributed by atoms with Crippen molar-refractivity contribution in [2.45, 2.75) is 26.0 Å². The van der Waals surface area contributed by atoms with Crippen LogP contribution >= 0.6 is 11.3 Å². The number of ether oxygens (including phenoxy) is 2. The van der Waals surface area contributed by atoms with Crippen LogP contribution in [-0.2, 0) is 6.54 Å². The van der Waals surface area contributed by atoms with Gasteiger partial charge in [-0.05, 0) is 49.7 Å². The number of rotatable bonds is 10. The van der Waals surface area contributed by atoms with E-state index in [1.54, 1.807) is 17.5 Å². The van der Waals surface area contributed by atoms with Crippen molar-refractivity contribution in [3.63, 3.8) is 0 Å². The Balaban J connectivity index is 1.46. The second kappa shape index (κ2) is 11.3. The molecule has 0 fully saturated rings. The first-order chi connectivity index (χ1) is 16.6. The van der Waals surface area contributed by atoms with Crippen LogP contribution in [-0.4, -0.2) is 61.1 Å². The van der Waals surface area contributed by atoms with Crippen molar-refractivity contribution in [2.75, 3.05) is 45.2 Å². The molecule has 1 amide bonds. The molecule has 0 saturated heterocycles. The maximum atomic E-state index is 13.3. The van der Waals surface area contributed by atoms with E-state index in [1.165, 1.54) is 12.0 Å². The monoisotopic (exact) mass is 481 g/mol. The average molecular weight is 482 g/mol. The average Bonchev–Trinajstić information content (AvgIpc) is 3.37. The number of nitrogens with zero attached hydrogens (tertiary/aromatic N) is 4. The van der Waals surface area contributed by atoms with E-state index in [-0.39, 0.29) is 18.0 Å². The quantitative estimate of drug-likeness (QED) is 0.472. The molecule has 0 aliphatic carbocycles. The van der Waals surface area contributed by atoms with Gasteiger partial charge >= 0.3 is 6.01 Å². The first kappa shape index (κ1) is 24.0. The summed E-state index contributed by atoms with van der Waals surface area (Å²) in [7, 11) is 3.48. The second-order valence-electron chi connectivity index (χ2n) is 8.06. The number of hydrogen-bond donors (Lipinski definition) is 1. The van der Waals surface area contributed by atoms with Crippen molar-refractivity contribution in [1.29, 1.82) is 0 Å². The van der Waals surface area contributed by atoms with E-state index < -0.39 is 0 Å². The topological polar surface area (TPSA) is 79.8 Å². The molecule has 9 heteroatoms. The number of carbonyl (C=O) groups is 1. The highest BCUT2D eigenvalue weighted by Crippen LogP contribution is 2.29. The number of aromatic nitrogens is 2. The molecule has 3 aromatic rings. The number of carbonyl (C=O) groups excluding carboxylic acids is 1. The molecule has 180 valence electrons. The second-order valence-corrected chi connectivity index (χ2v) is 9.04. The summed E-state index contributed by atoms with van der Waals surface area (Å²) in [5, 5.41) is 5.27. The lowest BCUT2D eigenvalue weighted by molar-refractivity contribution is 0.0754. The molecular formula is C25H31N5O3S. The van der Waals surface area contributed by atoms with Gasteiger partial charge in [-0.2, -0.15) is 4.98 Å². The number of methoxy groups -OCH3 is 1. The fraction of sp³-hybridized carbons (Fsp3) is 0.400. The van der Waals surface area contributed by atoms with Crippen LogP contribution in [0.15, 0.2) is 48.0 Å². The molecule has 2 aromatic heterocycles. The van der Waals surface area contributed by atoms with E-state index in [9.17, 15) is 4.79 Å². The van der Waals surface area contributed by atoms with Crippen molar-refractivity contribution in [1.82, 2.24) is 20.2 Å². The van der Waals surface area contributed by atoms with Gasteiger partial charge in [-0.25, -0.2) is 4.98 Å². The maximum Gasteiger partial charge on any atom is 0.318 e. The number of likely N-dealkylation sites (N-methyl/N-ethyl adjacent to an activating group) is 1. The lowest BCUT2D eigenvalue weighted by atomic mass is 10.1. The van der Waals surface area contributed by atoms with Crippen LogP contribution in [0.3, 0.4) is 0 Å². The zero-order chi connectivity index (χ0) is 23.9. The Bertz CT molecular complexity index is 1070. The molecule has 1 aromatic carbocycles. The van der Waals surface area contributed by atoms with Crippen LogP contribution in [0.2, 0.25) is 0 Å². The summed E-state index contributed by atoms with van der Waals surface area (Å²) in [5.41, 5.74) is 1.55. The highest BCUT2D eigenvalue weighted by Gasteiger charge is 2.28. The van der Waals surface area contributed by atoms with Gasteiger partial charge < -0.3 is 24.6 Å². The number of hydrogen-bond acceptors (Lipinski definition) is 8. The Labute approximate surface area is 204 Å². The fourth-order valence-corrected chi connectivity index (χ4v) is 4.78. The number of anilines is 1. The number of benzene rings is 1. The van der Waals surface area contributed by atoms with Crippen LogP contribution in [0.4, 0.5) is 5.82 Å². The SMILES string of the molecule is CCN1CCN(Cc2ccc(O[C@@H](CCNC)c3cccs3)cc2)C(=O)c2cnc(OC)nc21. The minimum absolute atomic E-state index is 0.0130. The van der Waals surface area contributed by atoms with Gasteiger partial charge in [0.2, 0.25) is 0 Å². The van der Waals surface area contributed by atoms with Gasteiger partial charge in [0.25, 0.3) is 5.91 Å². The number of thiophene rings is 1. The molecule has 1 atom stereocenters. The molecule has 0 spiro atoms. The Morgan fingerprint density at radius 1 is 1.18 bits per heavy atom. The Kier molecular flexibility index (Phi) is 7.97. The van der Waals surface area contributed by atoms with Crippen molar-refractivity contribution in [3.8, 4) is 11.8 Å². The number of fused-ring (bicyclic) bond motifs is 1. The predicted octanol–water partition coefficient (Wildman–Crippen LogP) is 3.76. The van der Waals surface area contributed by atoms with E-state index in [0.717, 1.165) is 30.8 Å². The van der Waals surface area contributed by atoms with Crippen LogP contribution in [0.25, 0.3) is 0 Å². The summed E-state index contributed by atoms with van der Waals surface area (Å²) in [6, 6.07) is 12.5. The van der Waals surface area contributed by atoms with Crippen LogP contribution in [0.1, 0.15) is 40.2 Å². The molecule has 1 N–H and O–H groups in total. The van der Waals surface area contributed by atoms with Crippen molar-refractivity contribution >= 4 is 23.1 Å². The highest BCUT2D eigenvalue weighted by atomic mass is 32.1. The molecule has 0 radical (unpaired) electrons. The molecule has 1 aliphatic rings. The third-order valence-electron chi connectivity index (χ3n) is 5.86. The smallest absolute Gasteiger partial charge is 0.318 e. The highest BCUT2D eigenvalue weighted by molar-refractivity contribution is 7.10. The third-order valence-corrected chi connectivity index (χ3v) is 6.82. The lowest BCUT2D eigenvalue weighted by Crippen LogP contribution is -2.34. The fourth-order valence-electron chi connectivity index (χ4n) is 3.99. The molecule has 8 nitrogen and oxygen atoms in total. The minimum atomic E-state index is -0.0706. The van der Waals surface area contributed by atoms with E-state index in [2.05, 4.69) is 44.6 Å². The summed E-state index contributed by atoms with van der Waals surface area (Å²) in [5.74, 6) is 1.38.